The van der Waals surface area contributed by atoms with Gasteiger partial charge < -0.3 is 10.5 Å². The van der Waals surface area contributed by atoms with Crippen LogP contribution in [-0.4, -0.2) is 42.3 Å². The molecular formula is C13H28N2O. The lowest BCUT2D eigenvalue weighted by Gasteiger charge is -2.48. The molecular weight excluding hydrogens is 200 g/mol. The average molecular weight is 228 g/mol. The number of rotatable bonds is 3. The standard InChI is InChI=1S/C13H28N2O/c1-11(2,7-14)8-15-9-12(3,4)16-13(5,6)10-15/h7-10,14H2,1-6H3. The van der Waals surface area contributed by atoms with Crippen molar-refractivity contribution < 1.29 is 4.74 Å². The molecule has 1 rings (SSSR count). The molecule has 0 bridgehead atoms. The van der Waals surface area contributed by atoms with Crippen molar-refractivity contribution in [2.75, 3.05) is 26.2 Å². The Bertz CT molecular complexity index is 230. The summed E-state index contributed by atoms with van der Waals surface area (Å²) >= 11 is 0. The van der Waals surface area contributed by atoms with Gasteiger partial charge in [-0.1, -0.05) is 13.8 Å². The van der Waals surface area contributed by atoms with Crippen LogP contribution >= 0.6 is 0 Å². The molecule has 0 aliphatic carbocycles. The predicted octanol–water partition coefficient (Wildman–Crippen LogP) is 1.86. The summed E-state index contributed by atoms with van der Waals surface area (Å²) in [5.74, 6) is 0. The summed E-state index contributed by atoms with van der Waals surface area (Å²) in [6.07, 6.45) is 0. The molecule has 0 aromatic carbocycles. The van der Waals surface area contributed by atoms with Gasteiger partial charge in [-0.05, 0) is 39.7 Å². The van der Waals surface area contributed by atoms with Crippen molar-refractivity contribution in [3.63, 3.8) is 0 Å². The zero-order valence-corrected chi connectivity index (χ0v) is 11.8. The second kappa shape index (κ2) is 4.28. The van der Waals surface area contributed by atoms with Crippen LogP contribution in [-0.2, 0) is 4.74 Å². The fraction of sp³-hybridized carbons (Fsp3) is 1.00. The molecule has 1 heterocycles. The Morgan fingerprint density at radius 2 is 1.56 bits per heavy atom. The van der Waals surface area contributed by atoms with E-state index in [1.165, 1.54) is 0 Å². The van der Waals surface area contributed by atoms with E-state index in [4.69, 9.17) is 10.5 Å². The minimum Gasteiger partial charge on any atom is -0.367 e. The molecule has 0 spiro atoms. The second-order valence-corrected chi connectivity index (χ2v) is 7.13. The van der Waals surface area contributed by atoms with Crippen LogP contribution in [0.15, 0.2) is 0 Å². The maximum Gasteiger partial charge on any atom is 0.0760 e. The van der Waals surface area contributed by atoms with Crippen LogP contribution in [0.3, 0.4) is 0 Å². The van der Waals surface area contributed by atoms with Gasteiger partial charge >= 0.3 is 0 Å². The highest BCUT2D eigenvalue weighted by molar-refractivity contribution is 4.91. The summed E-state index contributed by atoms with van der Waals surface area (Å²) < 4.78 is 6.07. The summed E-state index contributed by atoms with van der Waals surface area (Å²) in [4.78, 5) is 2.48. The summed E-state index contributed by atoms with van der Waals surface area (Å²) in [5, 5.41) is 0. The number of hydrogen-bond acceptors (Lipinski definition) is 3. The first-order valence-electron chi connectivity index (χ1n) is 6.18. The van der Waals surface area contributed by atoms with Gasteiger partial charge in [-0.15, -0.1) is 0 Å². The van der Waals surface area contributed by atoms with E-state index in [-0.39, 0.29) is 16.6 Å². The predicted molar refractivity (Wildman–Crippen MR) is 68.5 cm³/mol. The van der Waals surface area contributed by atoms with Crippen molar-refractivity contribution in [1.82, 2.24) is 4.90 Å². The Morgan fingerprint density at radius 1 is 1.12 bits per heavy atom. The Morgan fingerprint density at radius 3 is 1.94 bits per heavy atom. The number of nitrogens with two attached hydrogens (primary N) is 1. The fourth-order valence-electron chi connectivity index (χ4n) is 2.73. The van der Waals surface area contributed by atoms with Gasteiger partial charge in [-0.25, -0.2) is 0 Å². The molecule has 1 aliphatic heterocycles. The van der Waals surface area contributed by atoms with Crippen LogP contribution in [0, 0.1) is 5.41 Å². The zero-order chi connectivity index (χ0) is 12.6. The highest BCUT2D eigenvalue weighted by atomic mass is 16.5. The van der Waals surface area contributed by atoms with Crippen molar-refractivity contribution in [2.24, 2.45) is 11.1 Å². The molecule has 0 saturated carbocycles. The summed E-state index contributed by atoms with van der Waals surface area (Å²) in [6.45, 7) is 16.8. The molecule has 96 valence electrons. The first kappa shape index (κ1) is 13.9. The SMILES string of the molecule is CC(C)(CN)CN1CC(C)(C)OC(C)(C)C1. The zero-order valence-electron chi connectivity index (χ0n) is 11.8. The van der Waals surface area contributed by atoms with Crippen LogP contribution in [0.4, 0.5) is 0 Å². The molecule has 1 fully saturated rings. The van der Waals surface area contributed by atoms with Crippen LogP contribution < -0.4 is 5.73 Å². The molecule has 1 saturated heterocycles. The highest BCUT2D eigenvalue weighted by Crippen LogP contribution is 2.29. The maximum atomic E-state index is 6.07. The van der Waals surface area contributed by atoms with E-state index >= 15 is 0 Å². The smallest absolute Gasteiger partial charge is 0.0760 e. The molecule has 2 N–H and O–H groups in total. The monoisotopic (exact) mass is 228 g/mol. The number of ether oxygens (including phenoxy) is 1. The van der Waals surface area contributed by atoms with E-state index in [9.17, 15) is 0 Å². The molecule has 0 atom stereocenters. The van der Waals surface area contributed by atoms with Crippen LogP contribution in [0.2, 0.25) is 0 Å². The van der Waals surface area contributed by atoms with Gasteiger partial charge in [0.25, 0.3) is 0 Å². The molecule has 0 aromatic rings. The first-order valence-corrected chi connectivity index (χ1v) is 6.18. The van der Waals surface area contributed by atoms with Gasteiger partial charge in [0.1, 0.15) is 0 Å². The van der Waals surface area contributed by atoms with Gasteiger partial charge in [0, 0.05) is 19.6 Å². The van der Waals surface area contributed by atoms with E-state index in [0.29, 0.717) is 0 Å². The van der Waals surface area contributed by atoms with Crippen molar-refractivity contribution in [3.8, 4) is 0 Å². The maximum absolute atomic E-state index is 6.07. The average Bonchev–Trinajstić information content (AvgIpc) is 1.96. The lowest BCUT2D eigenvalue weighted by molar-refractivity contribution is -0.183. The topological polar surface area (TPSA) is 38.5 Å². The van der Waals surface area contributed by atoms with Crippen molar-refractivity contribution in [3.05, 3.63) is 0 Å². The summed E-state index contributed by atoms with van der Waals surface area (Å²) in [5.41, 5.74) is 5.86. The fourth-order valence-corrected chi connectivity index (χ4v) is 2.73. The van der Waals surface area contributed by atoms with E-state index < -0.39 is 0 Å². The molecule has 3 heteroatoms. The molecule has 0 unspecified atom stereocenters. The van der Waals surface area contributed by atoms with Crippen LogP contribution in [0.25, 0.3) is 0 Å². The molecule has 3 nitrogen and oxygen atoms in total. The van der Waals surface area contributed by atoms with Crippen LogP contribution in [0.5, 0.6) is 0 Å². The van der Waals surface area contributed by atoms with E-state index in [1.807, 2.05) is 0 Å². The van der Waals surface area contributed by atoms with Crippen molar-refractivity contribution >= 4 is 0 Å². The Hall–Kier alpha value is -0.120. The third-order valence-electron chi connectivity index (χ3n) is 2.97. The largest absolute Gasteiger partial charge is 0.367 e. The summed E-state index contributed by atoms with van der Waals surface area (Å²) in [7, 11) is 0. The van der Waals surface area contributed by atoms with Gasteiger partial charge in [-0.2, -0.15) is 0 Å². The summed E-state index contributed by atoms with van der Waals surface area (Å²) in [6, 6.07) is 0. The van der Waals surface area contributed by atoms with E-state index in [0.717, 1.165) is 26.2 Å². The lowest BCUT2D eigenvalue weighted by atomic mass is 9.90. The Balaban J connectivity index is 2.68. The third kappa shape index (κ3) is 4.04. The van der Waals surface area contributed by atoms with Gasteiger partial charge in [0.15, 0.2) is 0 Å². The molecule has 16 heavy (non-hydrogen) atoms. The highest BCUT2D eigenvalue weighted by Gasteiger charge is 2.39. The molecule has 0 radical (unpaired) electrons. The first-order chi connectivity index (χ1) is 7.05. The number of hydrogen-bond donors (Lipinski definition) is 1. The third-order valence-corrected chi connectivity index (χ3v) is 2.97. The molecule has 0 aromatic heterocycles. The van der Waals surface area contributed by atoms with Crippen molar-refractivity contribution in [1.29, 1.82) is 0 Å². The second-order valence-electron chi connectivity index (χ2n) is 7.13. The van der Waals surface area contributed by atoms with Crippen LogP contribution in [0.1, 0.15) is 41.5 Å². The van der Waals surface area contributed by atoms with E-state index in [2.05, 4.69) is 46.4 Å². The molecule has 0 amide bonds. The quantitative estimate of drug-likeness (QED) is 0.801. The van der Waals surface area contributed by atoms with Gasteiger partial charge in [0.2, 0.25) is 0 Å². The van der Waals surface area contributed by atoms with Crippen molar-refractivity contribution in [2.45, 2.75) is 52.7 Å². The Kier molecular flexibility index (Phi) is 3.73. The Labute approximate surface area is 100 Å². The minimum atomic E-state index is -0.0631. The number of morpholine rings is 1. The van der Waals surface area contributed by atoms with Gasteiger partial charge in [0.05, 0.1) is 11.2 Å². The number of nitrogens with zero attached hydrogens (tertiary/aromatic N) is 1. The normalized spacial score (nSPS) is 25.7. The lowest BCUT2D eigenvalue weighted by Crippen LogP contribution is -2.59. The van der Waals surface area contributed by atoms with E-state index in [1.54, 1.807) is 0 Å². The molecule has 1 aliphatic rings. The van der Waals surface area contributed by atoms with Gasteiger partial charge in [-0.3, -0.25) is 4.90 Å². The minimum absolute atomic E-state index is 0.0631.